The SMILES string of the molecule is N#Cc1ccccc1CN1CCC(OC(=O)Cc2ccccc2Cl)CC1. The number of ether oxygens (including phenoxy) is 1. The Kier molecular flexibility index (Phi) is 6.27. The second-order valence-electron chi connectivity index (χ2n) is 6.50. The van der Waals surface area contributed by atoms with E-state index in [1.165, 1.54) is 0 Å². The summed E-state index contributed by atoms with van der Waals surface area (Å²) in [6.45, 7) is 2.46. The number of nitrogens with zero attached hydrogens (tertiary/aromatic N) is 2. The molecule has 1 aliphatic heterocycles. The van der Waals surface area contributed by atoms with Gasteiger partial charge in [0.2, 0.25) is 0 Å². The molecule has 0 atom stereocenters. The number of carbonyl (C=O) groups excluding carboxylic acids is 1. The molecular weight excluding hydrogens is 348 g/mol. The second-order valence-corrected chi connectivity index (χ2v) is 6.91. The summed E-state index contributed by atoms with van der Waals surface area (Å²) in [5, 5.41) is 9.79. The summed E-state index contributed by atoms with van der Waals surface area (Å²) in [6, 6.07) is 17.3. The van der Waals surface area contributed by atoms with Crippen LogP contribution in [0.25, 0.3) is 0 Å². The highest BCUT2D eigenvalue weighted by atomic mass is 35.5. The summed E-state index contributed by atoms with van der Waals surface area (Å²) in [7, 11) is 0. The summed E-state index contributed by atoms with van der Waals surface area (Å²) in [6.07, 6.45) is 1.77. The van der Waals surface area contributed by atoms with Gasteiger partial charge in [0, 0.05) is 24.7 Å². The van der Waals surface area contributed by atoms with E-state index in [9.17, 15) is 10.1 Å². The standard InChI is InChI=1S/C21H21ClN2O2/c22-20-8-4-3-5-16(20)13-21(25)26-19-9-11-24(12-10-19)15-18-7-2-1-6-17(18)14-23/h1-8,19H,9-13,15H2. The first-order chi connectivity index (χ1) is 12.7. The Hall–Kier alpha value is -2.35. The maximum absolute atomic E-state index is 12.2. The molecule has 0 N–H and O–H groups in total. The first-order valence-corrected chi connectivity index (χ1v) is 9.17. The Morgan fingerprint density at radius 1 is 1.12 bits per heavy atom. The maximum atomic E-state index is 12.2. The zero-order valence-corrected chi connectivity index (χ0v) is 15.3. The van der Waals surface area contributed by atoms with Crippen LogP contribution in [0.4, 0.5) is 0 Å². The molecule has 2 aromatic carbocycles. The number of nitriles is 1. The highest BCUT2D eigenvalue weighted by Crippen LogP contribution is 2.20. The first-order valence-electron chi connectivity index (χ1n) is 8.79. The molecule has 26 heavy (non-hydrogen) atoms. The summed E-state index contributed by atoms with van der Waals surface area (Å²) in [5.41, 5.74) is 2.56. The monoisotopic (exact) mass is 368 g/mol. The minimum atomic E-state index is -0.230. The lowest BCUT2D eigenvalue weighted by Crippen LogP contribution is -2.37. The number of halogens is 1. The van der Waals surface area contributed by atoms with Gasteiger partial charge in [0.25, 0.3) is 0 Å². The van der Waals surface area contributed by atoms with Crippen molar-refractivity contribution in [3.63, 3.8) is 0 Å². The van der Waals surface area contributed by atoms with Crippen LogP contribution in [0, 0.1) is 11.3 Å². The minimum Gasteiger partial charge on any atom is -0.462 e. The van der Waals surface area contributed by atoms with Gasteiger partial charge < -0.3 is 4.74 Å². The van der Waals surface area contributed by atoms with Crippen molar-refractivity contribution in [2.24, 2.45) is 0 Å². The molecule has 0 unspecified atom stereocenters. The molecule has 2 aromatic rings. The van der Waals surface area contributed by atoms with E-state index in [1.54, 1.807) is 6.07 Å². The minimum absolute atomic E-state index is 0.0487. The molecule has 0 aliphatic carbocycles. The fourth-order valence-corrected chi connectivity index (χ4v) is 3.42. The van der Waals surface area contributed by atoms with Gasteiger partial charge in [-0.2, -0.15) is 5.26 Å². The van der Waals surface area contributed by atoms with Crippen LogP contribution in [0.3, 0.4) is 0 Å². The van der Waals surface area contributed by atoms with E-state index in [2.05, 4.69) is 11.0 Å². The molecule has 134 valence electrons. The van der Waals surface area contributed by atoms with E-state index >= 15 is 0 Å². The van der Waals surface area contributed by atoms with Crippen molar-refractivity contribution < 1.29 is 9.53 Å². The van der Waals surface area contributed by atoms with Gasteiger partial charge in [-0.15, -0.1) is 0 Å². The number of rotatable bonds is 5. The molecule has 4 nitrogen and oxygen atoms in total. The second kappa shape index (κ2) is 8.84. The molecule has 1 fully saturated rings. The summed E-state index contributed by atoms with van der Waals surface area (Å²) < 4.78 is 5.62. The number of carbonyl (C=O) groups is 1. The predicted octanol–water partition coefficient (Wildman–Crippen LogP) is 3.96. The van der Waals surface area contributed by atoms with Crippen molar-refractivity contribution in [1.82, 2.24) is 4.90 Å². The molecule has 1 saturated heterocycles. The Morgan fingerprint density at radius 3 is 2.46 bits per heavy atom. The Balaban J connectivity index is 1.47. The predicted molar refractivity (Wildman–Crippen MR) is 101 cm³/mol. The number of piperidine rings is 1. The van der Waals surface area contributed by atoms with Crippen molar-refractivity contribution in [2.45, 2.75) is 31.9 Å². The van der Waals surface area contributed by atoms with Crippen LogP contribution in [-0.4, -0.2) is 30.1 Å². The molecule has 0 bridgehead atoms. The normalized spacial score (nSPS) is 15.4. The Labute approximate surface area is 158 Å². The number of hydrogen-bond donors (Lipinski definition) is 0. The van der Waals surface area contributed by atoms with Crippen LogP contribution >= 0.6 is 11.6 Å². The van der Waals surface area contributed by atoms with E-state index in [1.807, 2.05) is 42.5 Å². The van der Waals surface area contributed by atoms with Gasteiger partial charge >= 0.3 is 5.97 Å². The van der Waals surface area contributed by atoms with Crippen molar-refractivity contribution in [1.29, 1.82) is 5.26 Å². The lowest BCUT2D eigenvalue weighted by Gasteiger charge is -2.31. The number of benzene rings is 2. The van der Waals surface area contributed by atoms with Gasteiger partial charge in [-0.1, -0.05) is 48.0 Å². The quantitative estimate of drug-likeness (QED) is 0.749. The van der Waals surface area contributed by atoms with E-state index in [-0.39, 0.29) is 18.5 Å². The van der Waals surface area contributed by atoms with Crippen LogP contribution in [0.2, 0.25) is 5.02 Å². The van der Waals surface area contributed by atoms with Crippen LogP contribution in [0.15, 0.2) is 48.5 Å². The average Bonchev–Trinajstić information content (AvgIpc) is 2.66. The van der Waals surface area contributed by atoms with Gasteiger partial charge in [-0.25, -0.2) is 0 Å². The van der Waals surface area contributed by atoms with Crippen molar-refractivity contribution in [2.75, 3.05) is 13.1 Å². The summed E-state index contributed by atoms with van der Waals surface area (Å²) in [4.78, 5) is 14.5. The zero-order chi connectivity index (χ0) is 18.4. The largest absolute Gasteiger partial charge is 0.462 e. The molecular formula is C21H21ClN2O2. The molecule has 1 heterocycles. The van der Waals surface area contributed by atoms with Crippen molar-refractivity contribution in [3.8, 4) is 6.07 Å². The molecule has 0 aromatic heterocycles. The lowest BCUT2D eigenvalue weighted by molar-refractivity contribution is -0.150. The van der Waals surface area contributed by atoms with E-state index in [0.717, 1.165) is 49.2 Å². The van der Waals surface area contributed by atoms with Crippen LogP contribution < -0.4 is 0 Å². The highest BCUT2D eigenvalue weighted by Gasteiger charge is 2.23. The fourth-order valence-electron chi connectivity index (χ4n) is 3.22. The zero-order valence-electron chi connectivity index (χ0n) is 14.5. The maximum Gasteiger partial charge on any atom is 0.310 e. The van der Waals surface area contributed by atoms with Gasteiger partial charge in [0.15, 0.2) is 0 Å². The average molecular weight is 369 g/mol. The Bertz CT molecular complexity index is 808. The van der Waals surface area contributed by atoms with Crippen LogP contribution in [-0.2, 0) is 22.5 Å². The Morgan fingerprint density at radius 2 is 1.77 bits per heavy atom. The summed E-state index contributed by atoms with van der Waals surface area (Å²) >= 11 is 6.09. The number of hydrogen-bond acceptors (Lipinski definition) is 4. The van der Waals surface area contributed by atoms with Crippen LogP contribution in [0.5, 0.6) is 0 Å². The van der Waals surface area contributed by atoms with Crippen molar-refractivity contribution in [3.05, 3.63) is 70.2 Å². The molecule has 3 rings (SSSR count). The molecule has 5 heteroatoms. The molecule has 0 amide bonds. The topological polar surface area (TPSA) is 53.3 Å². The fraction of sp³-hybridized carbons (Fsp3) is 0.333. The summed E-state index contributed by atoms with van der Waals surface area (Å²) in [5.74, 6) is -0.230. The molecule has 0 spiro atoms. The van der Waals surface area contributed by atoms with Crippen LogP contribution in [0.1, 0.15) is 29.5 Å². The highest BCUT2D eigenvalue weighted by molar-refractivity contribution is 6.31. The lowest BCUT2D eigenvalue weighted by atomic mass is 10.0. The van der Waals surface area contributed by atoms with Crippen molar-refractivity contribution >= 4 is 17.6 Å². The smallest absolute Gasteiger partial charge is 0.310 e. The number of likely N-dealkylation sites (tertiary alicyclic amines) is 1. The van der Waals surface area contributed by atoms with Gasteiger partial charge in [0.1, 0.15) is 6.10 Å². The van der Waals surface area contributed by atoms with E-state index in [0.29, 0.717) is 5.02 Å². The molecule has 0 saturated carbocycles. The third-order valence-electron chi connectivity index (χ3n) is 4.66. The van der Waals surface area contributed by atoms with E-state index < -0.39 is 0 Å². The third-order valence-corrected chi connectivity index (χ3v) is 5.03. The molecule has 1 aliphatic rings. The van der Waals surface area contributed by atoms with E-state index in [4.69, 9.17) is 16.3 Å². The third kappa shape index (κ3) is 4.85. The van der Waals surface area contributed by atoms with Gasteiger partial charge in [-0.05, 0) is 36.1 Å². The van der Waals surface area contributed by atoms with Gasteiger partial charge in [-0.3, -0.25) is 9.69 Å². The molecule has 0 radical (unpaired) electrons. The first kappa shape index (κ1) is 18.4. The van der Waals surface area contributed by atoms with Gasteiger partial charge in [0.05, 0.1) is 18.1 Å². The number of esters is 1.